The summed E-state index contributed by atoms with van der Waals surface area (Å²) in [4.78, 5) is 0. The standard InChI is InChI=1S/C10H18F2N2/c1-7(2)5-9(14-13)8-3-4-10(11,12)6-8/h5,8-9,14H,3-4,6,13H2,1-2H3. The normalized spacial score (nSPS) is 27.4. The van der Waals surface area contributed by atoms with E-state index in [1.165, 1.54) is 0 Å². The van der Waals surface area contributed by atoms with Gasteiger partial charge in [-0.3, -0.25) is 11.3 Å². The molecule has 2 unspecified atom stereocenters. The van der Waals surface area contributed by atoms with Gasteiger partial charge in [0.25, 0.3) is 0 Å². The molecule has 82 valence electrons. The highest BCUT2D eigenvalue weighted by Crippen LogP contribution is 2.40. The Balaban J connectivity index is 2.60. The Morgan fingerprint density at radius 2 is 2.21 bits per heavy atom. The molecule has 0 radical (unpaired) electrons. The summed E-state index contributed by atoms with van der Waals surface area (Å²) < 4.78 is 25.9. The van der Waals surface area contributed by atoms with Crippen LogP contribution in [-0.4, -0.2) is 12.0 Å². The van der Waals surface area contributed by atoms with Gasteiger partial charge >= 0.3 is 0 Å². The second kappa shape index (κ2) is 4.36. The van der Waals surface area contributed by atoms with E-state index in [4.69, 9.17) is 5.84 Å². The summed E-state index contributed by atoms with van der Waals surface area (Å²) in [5.41, 5.74) is 3.70. The maximum absolute atomic E-state index is 12.9. The van der Waals surface area contributed by atoms with Gasteiger partial charge in [-0.1, -0.05) is 11.6 Å². The molecule has 0 aromatic rings. The van der Waals surface area contributed by atoms with Crippen LogP contribution < -0.4 is 11.3 Å². The molecule has 0 amide bonds. The van der Waals surface area contributed by atoms with E-state index in [0.29, 0.717) is 6.42 Å². The zero-order chi connectivity index (χ0) is 10.8. The maximum Gasteiger partial charge on any atom is 0.248 e. The molecule has 0 spiro atoms. The van der Waals surface area contributed by atoms with Crippen LogP contribution in [0.15, 0.2) is 11.6 Å². The van der Waals surface area contributed by atoms with Crippen LogP contribution in [0.5, 0.6) is 0 Å². The summed E-state index contributed by atoms with van der Waals surface area (Å²) in [5.74, 6) is 2.82. The molecule has 1 aliphatic carbocycles. The fourth-order valence-corrected chi connectivity index (χ4v) is 1.97. The van der Waals surface area contributed by atoms with Gasteiger partial charge in [-0.25, -0.2) is 8.78 Å². The van der Waals surface area contributed by atoms with Gasteiger partial charge in [-0.2, -0.15) is 0 Å². The number of halogens is 2. The van der Waals surface area contributed by atoms with Gasteiger partial charge < -0.3 is 0 Å². The van der Waals surface area contributed by atoms with Crippen LogP contribution in [0.2, 0.25) is 0 Å². The Morgan fingerprint density at radius 3 is 2.57 bits per heavy atom. The highest BCUT2D eigenvalue weighted by molar-refractivity contribution is 5.04. The predicted molar refractivity (Wildman–Crippen MR) is 52.8 cm³/mol. The molecule has 0 aliphatic heterocycles. The molecule has 4 heteroatoms. The number of hydrogen-bond acceptors (Lipinski definition) is 2. The van der Waals surface area contributed by atoms with Crippen molar-refractivity contribution in [1.82, 2.24) is 5.43 Å². The third-order valence-corrected chi connectivity index (χ3v) is 2.65. The van der Waals surface area contributed by atoms with Crippen molar-refractivity contribution in [2.75, 3.05) is 0 Å². The molecular formula is C10H18F2N2. The quantitative estimate of drug-likeness (QED) is 0.420. The molecule has 0 heterocycles. The lowest BCUT2D eigenvalue weighted by molar-refractivity contribution is 0.00406. The van der Waals surface area contributed by atoms with E-state index in [2.05, 4.69) is 5.43 Å². The second-order valence-electron chi connectivity index (χ2n) is 4.30. The van der Waals surface area contributed by atoms with Gasteiger partial charge in [0.1, 0.15) is 0 Å². The lowest BCUT2D eigenvalue weighted by atomic mass is 9.97. The van der Waals surface area contributed by atoms with E-state index in [1.54, 1.807) is 0 Å². The highest BCUT2D eigenvalue weighted by Gasteiger charge is 2.41. The third kappa shape index (κ3) is 3.03. The number of hydrogen-bond donors (Lipinski definition) is 2. The average molecular weight is 204 g/mol. The fraction of sp³-hybridized carbons (Fsp3) is 0.800. The van der Waals surface area contributed by atoms with Crippen molar-refractivity contribution < 1.29 is 8.78 Å². The van der Waals surface area contributed by atoms with Crippen molar-refractivity contribution in [1.29, 1.82) is 0 Å². The molecule has 0 bridgehead atoms. The Kier molecular flexibility index (Phi) is 3.61. The van der Waals surface area contributed by atoms with Crippen molar-refractivity contribution >= 4 is 0 Å². The van der Waals surface area contributed by atoms with Crippen molar-refractivity contribution in [3.8, 4) is 0 Å². The van der Waals surface area contributed by atoms with Crippen LogP contribution in [0.4, 0.5) is 8.78 Å². The highest BCUT2D eigenvalue weighted by atomic mass is 19.3. The van der Waals surface area contributed by atoms with Gasteiger partial charge in [-0.05, 0) is 26.2 Å². The molecule has 14 heavy (non-hydrogen) atoms. The van der Waals surface area contributed by atoms with Crippen molar-refractivity contribution in [3.63, 3.8) is 0 Å². The summed E-state index contributed by atoms with van der Waals surface area (Å²) in [5, 5.41) is 0. The van der Waals surface area contributed by atoms with Gasteiger partial charge in [-0.15, -0.1) is 0 Å². The molecule has 1 aliphatic rings. The molecule has 0 aromatic carbocycles. The second-order valence-corrected chi connectivity index (χ2v) is 4.30. The Bertz CT molecular complexity index is 222. The number of rotatable bonds is 3. The Labute approximate surface area is 83.5 Å². The van der Waals surface area contributed by atoms with Gasteiger partial charge in [0, 0.05) is 18.9 Å². The van der Waals surface area contributed by atoms with E-state index in [0.717, 1.165) is 5.57 Å². The molecule has 1 rings (SSSR count). The number of hydrazine groups is 1. The lowest BCUT2D eigenvalue weighted by Gasteiger charge is -2.19. The first-order valence-electron chi connectivity index (χ1n) is 4.93. The molecule has 2 atom stereocenters. The fourth-order valence-electron chi connectivity index (χ4n) is 1.97. The summed E-state index contributed by atoms with van der Waals surface area (Å²) in [6.07, 6.45) is 2.41. The molecular weight excluding hydrogens is 186 g/mol. The van der Waals surface area contributed by atoms with Crippen molar-refractivity contribution in [3.05, 3.63) is 11.6 Å². The predicted octanol–water partition coefficient (Wildman–Crippen LogP) is 2.22. The minimum atomic E-state index is -2.49. The molecule has 1 saturated carbocycles. The van der Waals surface area contributed by atoms with Crippen LogP contribution in [0.1, 0.15) is 33.1 Å². The molecule has 3 N–H and O–H groups in total. The molecule has 2 nitrogen and oxygen atoms in total. The topological polar surface area (TPSA) is 38.0 Å². The minimum absolute atomic E-state index is 0.00749. The summed E-state index contributed by atoms with van der Waals surface area (Å²) >= 11 is 0. The van der Waals surface area contributed by atoms with Crippen LogP contribution in [0.3, 0.4) is 0 Å². The summed E-state index contributed by atoms with van der Waals surface area (Å²) in [7, 11) is 0. The molecule has 1 fully saturated rings. The van der Waals surface area contributed by atoms with E-state index in [1.807, 2.05) is 19.9 Å². The zero-order valence-electron chi connectivity index (χ0n) is 8.69. The maximum atomic E-state index is 12.9. The Hall–Kier alpha value is -0.480. The van der Waals surface area contributed by atoms with E-state index in [9.17, 15) is 8.78 Å². The monoisotopic (exact) mass is 204 g/mol. The summed E-state index contributed by atoms with van der Waals surface area (Å²) in [6, 6.07) is -0.117. The van der Waals surface area contributed by atoms with Gasteiger partial charge in [0.15, 0.2) is 0 Å². The zero-order valence-corrected chi connectivity index (χ0v) is 8.69. The molecule has 0 aromatic heterocycles. The number of alkyl halides is 2. The number of nitrogens with two attached hydrogens (primary N) is 1. The van der Waals surface area contributed by atoms with Crippen molar-refractivity contribution in [2.24, 2.45) is 11.8 Å². The van der Waals surface area contributed by atoms with Gasteiger partial charge in [0.05, 0.1) is 0 Å². The minimum Gasteiger partial charge on any atom is -0.271 e. The van der Waals surface area contributed by atoms with E-state index < -0.39 is 5.92 Å². The number of nitrogens with one attached hydrogen (secondary N) is 1. The van der Waals surface area contributed by atoms with Crippen LogP contribution >= 0.6 is 0 Å². The largest absolute Gasteiger partial charge is 0.271 e. The smallest absolute Gasteiger partial charge is 0.248 e. The number of allylic oxidation sites excluding steroid dienone is 1. The van der Waals surface area contributed by atoms with E-state index >= 15 is 0 Å². The SMILES string of the molecule is CC(C)=CC(NN)C1CCC(F)(F)C1. The first-order valence-corrected chi connectivity index (χ1v) is 4.93. The first-order chi connectivity index (χ1) is 6.44. The lowest BCUT2D eigenvalue weighted by Crippen LogP contribution is -2.39. The van der Waals surface area contributed by atoms with Crippen molar-refractivity contribution in [2.45, 2.75) is 45.1 Å². The van der Waals surface area contributed by atoms with E-state index in [-0.39, 0.29) is 24.8 Å². The van der Waals surface area contributed by atoms with Crippen LogP contribution in [-0.2, 0) is 0 Å². The van der Waals surface area contributed by atoms with Crippen LogP contribution in [0.25, 0.3) is 0 Å². The molecule has 0 saturated heterocycles. The third-order valence-electron chi connectivity index (χ3n) is 2.65. The average Bonchev–Trinajstić information content (AvgIpc) is 2.41. The summed E-state index contributed by atoms with van der Waals surface area (Å²) in [6.45, 7) is 3.88. The van der Waals surface area contributed by atoms with Crippen LogP contribution in [0, 0.1) is 5.92 Å². The Morgan fingerprint density at radius 1 is 1.57 bits per heavy atom. The van der Waals surface area contributed by atoms with Gasteiger partial charge in [0.2, 0.25) is 5.92 Å². The first kappa shape index (κ1) is 11.6.